The van der Waals surface area contributed by atoms with Crippen LogP contribution < -0.4 is 16.0 Å². The van der Waals surface area contributed by atoms with E-state index in [9.17, 15) is 4.79 Å². The zero-order valence-electron chi connectivity index (χ0n) is 18.2. The third-order valence-corrected chi connectivity index (χ3v) is 5.84. The number of halogens is 3. The summed E-state index contributed by atoms with van der Waals surface area (Å²) in [6.45, 7) is 3.98. The average molecular weight is 521 g/mol. The van der Waals surface area contributed by atoms with E-state index in [1.165, 1.54) is 0 Å². The summed E-state index contributed by atoms with van der Waals surface area (Å²) >= 11 is 23.7. The molecule has 1 atom stereocenters. The Balaban J connectivity index is 1.61. The summed E-state index contributed by atoms with van der Waals surface area (Å²) in [5.41, 5.74) is 6.01. The van der Waals surface area contributed by atoms with Crippen molar-refractivity contribution >= 4 is 63.7 Å². The van der Waals surface area contributed by atoms with E-state index in [1.807, 2.05) is 86.6 Å². The summed E-state index contributed by atoms with van der Waals surface area (Å²) in [5, 5.41) is 8.91. The molecule has 0 aromatic heterocycles. The van der Waals surface area contributed by atoms with Gasteiger partial charge in [0.1, 0.15) is 6.17 Å². The number of benzene rings is 3. The summed E-state index contributed by atoms with van der Waals surface area (Å²) < 4.78 is -1.82. The first-order valence-electron chi connectivity index (χ1n) is 10.3. The number of carbonyl (C=O) groups is 1. The Hall–Kier alpha value is -2.31. The lowest BCUT2D eigenvalue weighted by atomic mass is 10.0. The number of carbonyl (C=O) groups excluding carboxylic acids is 1. The van der Waals surface area contributed by atoms with Gasteiger partial charge in [0.05, 0.1) is 6.42 Å². The molecule has 8 heteroatoms. The number of aryl methyl sites for hydroxylation is 2. The lowest BCUT2D eigenvalue weighted by Crippen LogP contribution is -2.56. The highest BCUT2D eigenvalue weighted by molar-refractivity contribution is 7.80. The summed E-state index contributed by atoms with van der Waals surface area (Å²) in [6, 6.07) is 23.7. The Morgan fingerprint density at radius 2 is 1.55 bits per heavy atom. The molecular formula is C25H24Cl3N3OS. The van der Waals surface area contributed by atoms with Crippen LogP contribution in [0.2, 0.25) is 0 Å². The number of rotatable bonds is 6. The molecule has 0 radical (unpaired) electrons. The third-order valence-electron chi connectivity index (χ3n) is 4.96. The molecule has 172 valence electrons. The van der Waals surface area contributed by atoms with Gasteiger partial charge in [-0.3, -0.25) is 4.79 Å². The first-order chi connectivity index (χ1) is 15.6. The zero-order chi connectivity index (χ0) is 24.0. The maximum atomic E-state index is 12.7. The Morgan fingerprint density at radius 1 is 0.909 bits per heavy atom. The van der Waals surface area contributed by atoms with E-state index in [2.05, 4.69) is 16.0 Å². The second-order valence-corrected chi connectivity index (χ2v) is 10.5. The Labute approximate surface area is 214 Å². The van der Waals surface area contributed by atoms with Crippen molar-refractivity contribution in [2.45, 2.75) is 30.2 Å². The normalized spacial score (nSPS) is 12.0. The highest BCUT2D eigenvalue weighted by Crippen LogP contribution is 2.29. The lowest BCUT2D eigenvalue weighted by molar-refractivity contribution is -0.121. The van der Waals surface area contributed by atoms with Gasteiger partial charge in [-0.1, -0.05) is 107 Å². The van der Waals surface area contributed by atoms with Gasteiger partial charge in [-0.25, -0.2) is 0 Å². The minimum absolute atomic E-state index is 0.130. The molecule has 0 saturated heterocycles. The minimum atomic E-state index is -1.82. The van der Waals surface area contributed by atoms with Crippen molar-refractivity contribution in [3.8, 4) is 11.1 Å². The third kappa shape index (κ3) is 7.61. The highest BCUT2D eigenvalue weighted by Gasteiger charge is 2.34. The largest absolute Gasteiger partial charge is 0.339 e. The lowest BCUT2D eigenvalue weighted by Gasteiger charge is -2.28. The monoisotopic (exact) mass is 519 g/mol. The van der Waals surface area contributed by atoms with Crippen LogP contribution in [0.15, 0.2) is 72.8 Å². The topological polar surface area (TPSA) is 53.2 Å². The molecule has 4 nitrogen and oxygen atoms in total. The van der Waals surface area contributed by atoms with Crippen LogP contribution in [0.4, 0.5) is 5.69 Å². The first kappa shape index (κ1) is 25.3. The number of hydrogen-bond donors (Lipinski definition) is 3. The van der Waals surface area contributed by atoms with Crippen LogP contribution in [-0.2, 0) is 11.2 Å². The van der Waals surface area contributed by atoms with Crippen LogP contribution in [0.3, 0.4) is 0 Å². The van der Waals surface area contributed by atoms with E-state index in [4.69, 9.17) is 47.0 Å². The van der Waals surface area contributed by atoms with Gasteiger partial charge in [0.2, 0.25) is 9.70 Å². The first-order valence-corrected chi connectivity index (χ1v) is 11.8. The molecule has 0 fully saturated rings. The van der Waals surface area contributed by atoms with Gasteiger partial charge in [0.15, 0.2) is 5.11 Å². The summed E-state index contributed by atoms with van der Waals surface area (Å²) in [7, 11) is 0. The van der Waals surface area contributed by atoms with E-state index in [0.717, 1.165) is 33.5 Å². The minimum Gasteiger partial charge on any atom is -0.339 e. The van der Waals surface area contributed by atoms with Gasteiger partial charge in [-0.2, -0.15) is 0 Å². The molecule has 0 bridgehead atoms. The summed E-state index contributed by atoms with van der Waals surface area (Å²) in [6.07, 6.45) is -0.894. The van der Waals surface area contributed by atoms with Crippen LogP contribution in [0.1, 0.15) is 16.7 Å². The number of thiocarbonyl (C=S) groups is 1. The van der Waals surface area contributed by atoms with Gasteiger partial charge < -0.3 is 16.0 Å². The Kier molecular flexibility index (Phi) is 8.60. The molecule has 1 amide bonds. The molecule has 0 aliphatic heterocycles. The molecule has 0 heterocycles. The molecule has 0 saturated carbocycles. The van der Waals surface area contributed by atoms with E-state index in [1.54, 1.807) is 0 Å². The average Bonchev–Trinajstić information content (AvgIpc) is 2.76. The Bertz CT molecular complexity index is 1120. The predicted molar refractivity (Wildman–Crippen MR) is 143 cm³/mol. The van der Waals surface area contributed by atoms with Gasteiger partial charge in [-0.15, -0.1) is 0 Å². The van der Waals surface area contributed by atoms with Crippen molar-refractivity contribution in [1.29, 1.82) is 0 Å². The fraction of sp³-hybridized carbons (Fsp3) is 0.200. The van der Waals surface area contributed by atoms with Crippen molar-refractivity contribution < 1.29 is 4.79 Å². The van der Waals surface area contributed by atoms with E-state index >= 15 is 0 Å². The molecule has 0 aliphatic rings. The maximum absolute atomic E-state index is 12.7. The summed E-state index contributed by atoms with van der Waals surface area (Å²) in [4.78, 5) is 12.7. The standard InChI is InChI=1S/C25H24Cl3N3OS/c1-16-8-13-21(17(2)14-16)29-24(33)31-23(25(26,27)28)30-22(32)15-18-9-11-20(12-10-18)19-6-4-3-5-7-19/h3-14,23H,15H2,1-2H3,(H,30,32)(H2,29,31,33). The summed E-state index contributed by atoms with van der Waals surface area (Å²) in [5.74, 6) is -0.305. The van der Waals surface area contributed by atoms with Crippen LogP contribution in [-0.4, -0.2) is 21.0 Å². The SMILES string of the molecule is Cc1ccc(NC(=S)NC(NC(=O)Cc2ccc(-c3ccccc3)cc2)C(Cl)(Cl)Cl)c(C)c1. The van der Waals surface area contributed by atoms with E-state index < -0.39 is 9.96 Å². The van der Waals surface area contributed by atoms with Crippen molar-refractivity contribution in [3.05, 3.63) is 89.5 Å². The second kappa shape index (κ2) is 11.2. The van der Waals surface area contributed by atoms with Crippen LogP contribution >= 0.6 is 47.0 Å². The van der Waals surface area contributed by atoms with Gasteiger partial charge in [0, 0.05) is 5.69 Å². The molecule has 0 aliphatic carbocycles. The Morgan fingerprint density at radius 3 is 2.15 bits per heavy atom. The molecule has 1 unspecified atom stereocenters. The number of anilines is 1. The van der Waals surface area contributed by atoms with Crippen LogP contribution in [0.25, 0.3) is 11.1 Å². The van der Waals surface area contributed by atoms with Gasteiger partial charge in [-0.05, 0) is 54.4 Å². The highest BCUT2D eigenvalue weighted by atomic mass is 35.6. The fourth-order valence-electron chi connectivity index (χ4n) is 3.29. The zero-order valence-corrected chi connectivity index (χ0v) is 21.2. The van der Waals surface area contributed by atoms with Crippen molar-refractivity contribution in [2.75, 3.05) is 5.32 Å². The molecular weight excluding hydrogens is 497 g/mol. The molecule has 3 N–H and O–H groups in total. The van der Waals surface area contributed by atoms with Crippen molar-refractivity contribution in [1.82, 2.24) is 10.6 Å². The number of alkyl halides is 3. The predicted octanol–water partition coefficient (Wildman–Crippen LogP) is 6.31. The maximum Gasteiger partial charge on any atom is 0.228 e. The second-order valence-electron chi connectivity index (χ2n) is 7.70. The number of nitrogens with one attached hydrogen (secondary N) is 3. The number of amides is 1. The van der Waals surface area contributed by atoms with Crippen LogP contribution in [0, 0.1) is 13.8 Å². The fourth-order valence-corrected chi connectivity index (χ4v) is 3.84. The van der Waals surface area contributed by atoms with Crippen molar-refractivity contribution in [3.63, 3.8) is 0 Å². The van der Waals surface area contributed by atoms with E-state index in [-0.39, 0.29) is 17.4 Å². The molecule has 3 aromatic rings. The quantitative estimate of drug-likeness (QED) is 0.202. The smallest absolute Gasteiger partial charge is 0.228 e. The van der Waals surface area contributed by atoms with E-state index in [0.29, 0.717) is 0 Å². The number of hydrogen-bond acceptors (Lipinski definition) is 2. The van der Waals surface area contributed by atoms with Crippen LogP contribution in [0.5, 0.6) is 0 Å². The molecule has 3 rings (SSSR count). The van der Waals surface area contributed by atoms with Crippen molar-refractivity contribution in [2.24, 2.45) is 0 Å². The van der Waals surface area contributed by atoms with Gasteiger partial charge >= 0.3 is 0 Å². The molecule has 3 aromatic carbocycles. The molecule has 33 heavy (non-hydrogen) atoms. The molecule has 0 spiro atoms. The van der Waals surface area contributed by atoms with Gasteiger partial charge in [0.25, 0.3) is 0 Å².